The van der Waals surface area contributed by atoms with E-state index in [0.717, 1.165) is 12.1 Å². The second kappa shape index (κ2) is 5.23. The van der Waals surface area contributed by atoms with Gasteiger partial charge >= 0.3 is 0 Å². The Morgan fingerprint density at radius 3 is 2.09 bits per heavy atom. The van der Waals surface area contributed by atoms with Crippen molar-refractivity contribution in [2.24, 2.45) is 0 Å². The minimum absolute atomic E-state index is 0.153. The third-order valence-electron chi connectivity index (χ3n) is 4.40. The van der Waals surface area contributed by atoms with Crippen LogP contribution in [-0.4, -0.2) is 9.97 Å². The highest BCUT2D eigenvalue weighted by Crippen LogP contribution is 2.40. The predicted octanol–water partition coefficient (Wildman–Crippen LogP) is 4.03. The van der Waals surface area contributed by atoms with Crippen LogP contribution in [0.2, 0.25) is 0 Å². The summed E-state index contributed by atoms with van der Waals surface area (Å²) in [5.41, 5.74) is 4.66. The molecule has 0 N–H and O–H groups in total. The van der Waals surface area contributed by atoms with Crippen LogP contribution in [0.5, 0.6) is 0 Å². The summed E-state index contributed by atoms with van der Waals surface area (Å²) in [7, 11) is 0. The fourth-order valence-electron chi connectivity index (χ4n) is 3.27. The van der Waals surface area contributed by atoms with Gasteiger partial charge in [-0.25, -0.2) is 9.97 Å². The van der Waals surface area contributed by atoms with Crippen molar-refractivity contribution in [3.05, 3.63) is 102 Å². The van der Waals surface area contributed by atoms with Crippen LogP contribution in [0.4, 0.5) is 0 Å². The van der Waals surface area contributed by atoms with Gasteiger partial charge in [-0.05, 0) is 29.2 Å². The van der Waals surface area contributed by atoms with Gasteiger partial charge in [-0.3, -0.25) is 0 Å². The van der Waals surface area contributed by atoms with Crippen LogP contribution in [0.25, 0.3) is 6.08 Å². The highest BCUT2D eigenvalue weighted by molar-refractivity contribution is 5.61. The number of allylic oxidation sites excluding steroid dienone is 1. The summed E-state index contributed by atoms with van der Waals surface area (Å²) in [6, 6.07) is 21.3. The number of aromatic nitrogens is 2. The summed E-state index contributed by atoms with van der Waals surface area (Å²) < 4.78 is 0. The second-order valence-corrected chi connectivity index (χ2v) is 5.65. The Labute approximate surface area is 130 Å². The van der Waals surface area contributed by atoms with E-state index in [-0.39, 0.29) is 5.41 Å². The molecule has 2 nitrogen and oxygen atoms in total. The fraction of sp³-hybridized carbons (Fsp3) is 0.100. The van der Waals surface area contributed by atoms with Gasteiger partial charge < -0.3 is 0 Å². The van der Waals surface area contributed by atoms with Crippen molar-refractivity contribution in [1.29, 1.82) is 0 Å². The van der Waals surface area contributed by atoms with E-state index in [2.05, 4.69) is 82.8 Å². The zero-order valence-electron chi connectivity index (χ0n) is 12.2. The fourth-order valence-corrected chi connectivity index (χ4v) is 3.27. The standard InChI is InChI=1S/C20H16N2/c1-3-7-17(8-4-1)20(18-9-5-2-6-10-18)12-11-19-16(13-20)14-21-15-22-19/h1-12,14-15H,13H2. The van der Waals surface area contributed by atoms with Gasteiger partial charge in [0.05, 0.1) is 5.69 Å². The first-order valence-corrected chi connectivity index (χ1v) is 7.48. The summed E-state index contributed by atoms with van der Waals surface area (Å²) in [5.74, 6) is 0. The molecule has 0 saturated heterocycles. The normalized spacial score (nSPS) is 15.3. The Balaban J connectivity index is 1.93. The Hall–Kier alpha value is -2.74. The number of hydrogen-bond acceptors (Lipinski definition) is 2. The summed E-state index contributed by atoms with van der Waals surface area (Å²) >= 11 is 0. The van der Waals surface area contributed by atoms with E-state index in [9.17, 15) is 0 Å². The van der Waals surface area contributed by atoms with E-state index in [1.807, 2.05) is 6.20 Å². The maximum Gasteiger partial charge on any atom is 0.116 e. The van der Waals surface area contributed by atoms with E-state index < -0.39 is 0 Å². The van der Waals surface area contributed by atoms with Crippen molar-refractivity contribution < 1.29 is 0 Å². The van der Waals surface area contributed by atoms with Crippen molar-refractivity contribution in [2.75, 3.05) is 0 Å². The van der Waals surface area contributed by atoms with Crippen molar-refractivity contribution in [1.82, 2.24) is 9.97 Å². The number of nitrogens with zero attached hydrogens (tertiary/aromatic N) is 2. The largest absolute Gasteiger partial charge is 0.244 e. The van der Waals surface area contributed by atoms with Crippen molar-refractivity contribution in [3.8, 4) is 0 Å². The third kappa shape index (κ3) is 2.04. The average molecular weight is 284 g/mol. The quantitative estimate of drug-likeness (QED) is 0.710. The average Bonchev–Trinajstić information content (AvgIpc) is 2.63. The minimum atomic E-state index is -0.153. The molecule has 0 amide bonds. The molecule has 1 heterocycles. The molecule has 0 atom stereocenters. The first kappa shape index (κ1) is 13.0. The molecule has 1 aliphatic carbocycles. The van der Waals surface area contributed by atoms with Crippen molar-refractivity contribution in [2.45, 2.75) is 11.8 Å². The zero-order valence-corrected chi connectivity index (χ0v) is 12.2. The van der Waals surface area contributed by atoms with Gasteiger partial charge in [0.1, 0.15) is 6.33 Å². The van der Waals surface area contributed by atoms with Gasteiger partial charge in [-0.2, -0.15) is 0 Å². The maximum absolute atomic E-state index is 4.37. The van der Waals surface area contributed by atoms with Crippen LogP contribution in [0.3, 0.4) is 0 Å². The molecule has 1 aromatic heterocycles. The summed E-state index contributed by atoms with van der Waals surface area (Å²) in [6.45, 7) is 0. The molecule has 4 rings (SSSR count). The Morgan fingerprint density at radius 1 is 0.818 bits per heavy atom. The van der Waals surface area contributed by atoms with E-state index in [1.165, 1.54) is 16.7 Å². The molecule has 0 radical (unpaired) electrons. The van der Waals surface area contributed by atoms with Gasteiger partial charge in [0.15, 0.2) is 0 Å². The molecule has 22 heavy (non-hydrogen) atoms. The molecule has 3 aromatic rings. The van der Waals surface area contributed by atoms with Crippen LogP contribution in [0, 0.1) is 0 Å². The molecule has 0 saturated carbocycles. The van der Waals surface area contributed by atoms with E-state index in [1.54, 1.807) is 6.33 Å². The van der Waals surface area contributed by atoms with E-state index in [4.69, 9.17) is 0 Å². The van der Waals surface area contributed by atoms with E-state index >= 15 is 0 Å². The monoisotopic (exact) mass is 284 g/mol. The Kier molecular flexibility index (Phi) is 3.08. The molecular formula is C20H16N2. The smallest absolute Gasteiger partial charge is 0.116 e. The number of rotatable bonds is 2. The van der Waals surface area contributed by atoms with Crippen molar-refractivity contribution in [3.63, 3.8) is 0 Å². The maximum atomic E-state index is 4.37. The van der Waals surface area contributed by atoms with Crippen LogP contribution in [0.1, 0.15) is 22.4 Å². The number of hydrogen-bond donors (Lipinski definition) is 0. The third-order valence-corrected chi connectivity index (χ3v) is 4.40. The number of fused-ring (bicyclic) bond motifs is 1. The lowest BCUT2D eigenvalue weighted by Crippen LogP contribution is -2.30. The molecule has 0 spiro atoms. The van der Waals surface area contributed by atoms with Crippen molar-refractivity contribution >= 4 is 6.08 Å². The first-order valence-electron chi connectivity index (χ1n) is 7.48. The lowest BCUT2D eigenvalue weighted by molar-refractivity contribution is 0.628. The topological polar surface area (TPSA) is 25.8 Å². The molecular weight excluding hydrogens is 268 g/mol. The van der Waals surface area contributed by atoms with Gasteiger partial charge in [0.25, 0.3) is 0 Å². The van der Waals surface area contributed by atoms with Gasteiger partial charge in [-0.15, -0.1) is 0 Å². The van der Waals surface area contributed by atoms with Gasteiger partial charge in [0.2, 0.25) is 0 Å². The van der Waals surface area contributed by atoms with Crippen LogP contribution >= 0.6 is 0 Å². The second-order valence-electron chi connectivity index (χ2n) is 5.65. The Bertz CT molecular complexity index is 768. The first-order chi connectivity index (χ1) is 10.9. The summed E-state index contributed by atoms with van der Waals surface area (Å²) in [5, 5.41) is 0. The van der Waals surface area contributed by atoms with Crippen LogP contribution < -0.4 is 0 Å². The molecule has 2 aromatic carbocycles. The molecule has 0 fully saturated rings. The van der Waals surface area contributed by atoms with E-state index in [0.29, 0.717) is 0 Å². The highest BCUT2D eigenvalue weighted by Gasteiger charge is 2.34. The SMILES string of the molecule is C1=CC(c2ccccc2)(c2ccccc2)Cc2cncnc21. The van der Waals surface area contributed by atoms with Crippen LogP contribution in [-0.2, 0) is 11.8 Å². The Morgan fingerprint density at radius 2 is 1.45 bits per heavy atom. The molecule has 0 aliphatic heterocycles. The number of benzene rings is 2. The van der Waals surface area contributed by atoms with Crippen LogP contribution in [0.15, 0.2) is 79.3 Å². The molecule has 0 bridgehead atoms. The lowest BCUT2D eigenvalue weighted by atomic mass is 9.68. The molecule has 1 aliphatic rings. The zero-order chi connectivity index (χ0) is 14.8. The molecule has 2 heteroatoms. The lowest BCUT2D eigenvalue weighted by Gasteiger charge is -2.35. The molecule has 106 valence electrons. The predicted molar refractivity (Wildman–Crippen MR) is 88.4 cm³/mol. The highest BCUT2D eigenvalue weighted by atomic mass is 14.8. The summed E-state index contributed by atoms with van der Waals surface area (Å²) in [4.78, 5) is 8.58. The molecule has 0 unspecified atom stereocenters. The minimum Gasteiger partial charge on any atom is -0.244 e. The van der Waals surface area contributed by atoms with Gasteiger partial charge in [-0.1, -0.05) is 66.7 Å². The van der Waals surface area contributed by atoms with Gasteiger partial charge in [0, 0.05) is 11.6 Å². The summed E-state index contributed by atoms with van der Waals surface area (Å²) in [6.07, 6.45) is 8.84.